The number of para-hydroxylation sites is 1. The van der Waals surface area contributed by atoms with Crippen LogP contribution in [-0.2, 0) is 22.7 Å². The monoisotopic (exact) mass is 440 g/mol. The zero-order chi connectivity index (χ0) is 22.4. The molecule has 33 heavy (non-hydrogen) atoms. The number of aromatic nitrogens is 1. The van der Waals surface area contributed by atoms with Gasteiger partial charge in [0.15, 0.2) is 0 Å². The molecule has 7 heteroatoms. The molecule has 2 aromatic carbocycles. The van der Waals surface area contributed by atoms with E-state index in [-0.39, 0.29) is 18.4 Å². The molecule has 6 rings (SSSR count). The van der Waals surface area contributed by atoms with E-state index in [9.17, 15) is 9.59 Å². The topological polar surface area (TPSA) is 69.9 Å². The van der Waals surface area contributed by atoms with E-state index in [1.165, 1.54) is 0 Å². The number of benzene rings is 2. The van der Waals surface area contributed by atoms with Crippen LogP contribution in [0.5, 0.6) is 0 Å². The van der Waals surface area contributed by atoms with Crippen LogP contribution in [0, 0.1) is 0 Å². The second-order valence-corrected chi connectivity index (χ2v) is 8.81. The van der Waals surface area contributed by atoms with Gasteiger partial charge < -0.3 is 14.2 Å². The van der Waals surface area contributed by atoms with Crippen molar-refractivity contribution in [1.29, 1.82) is 0 Å². The van der Waals surface area contributed by atoms with Crippen LogP contribution in [0.1, 0.15) is 11.3 Å². The Morgan fingerprint density at radius 3 is 2.73 bits per heavy atom. The van der Waals surface area contributed by atoms with Gasteiger partial charge in [-0.05, 0) is 29.8 Å². The van der Waals surface area contributed by atoms with Gasteiger partial charge in [0.25, 0.3) is 0 Å². The standard InChI is InChI=1S/C26H24N4O3/c31-25-17-29(15-21-13-20-4-1-2-6-24(20)33-21)26(32)23-16-28(10-11-30(23)25)14-18-7-8-19-5-3-9-27-22(19)12-18/h1-9,12-13,23H,10-11,14-17H2. The van der Waals surface area contributed by atoms with Crippen LogP contribution in [0.15, 0.2) is 71.3 Å². The predicted octanol–water partition coefficient (Wildman–Crippen LogP) is 3.04. The molecule has 1 atom stereocenters. The van der Waals surface area contributed by atoms with Crippen LogP contribution in [0.25, 0.3) is 21.9 Å². The average molecular weight is 441 g/mol. The summed E-state index contributed by atoms with van der Waals surface area (Å²) in [4.78, 5) is 36.3. The molecule has 0 aliphatic carbocycles. The third kappa shape index (κ3) is 3.74. The predicted molar refractivity (Wildman–Crippen MR) is 124 cm³/mol. The van der Waals surface area contributed by atoms with Crippen LogP contribution in [-0.4, -0.2) is 63.7 Å². The number of amides is 2. The Kier molecular flexibility index (Phi) is 4.84. The maximum atomic E-state index is 13.4. The Morgan fingerprint density at radius 2 is 1.82 bits per heavy atom. The van der Waals surface area contributed by atoms with Crippen molar-refractivity contribution in [3.8, 4) is 0 Å². The van der Waals surface area contributed by atoms with E-state index in [2.05, 4.69) is 28.1 Å². The van der Waals surface area contributed by atoms with E-state index in [4.69, 9.17) is 4.42 Å². The second kappa shape index (κ2) is 8.01. The molecule has 0 bridgehead atoms. The fourth-order valence-corrected chi connectivity index (χ4v) is 4.94. The summed E-state index contributed by atoms with van der Waals surface area (Å²) in [6.45, 7) is 2.98. The SMILES string of the molecule is O=C1C2CN(Cc3ccc4cccnc4c3)CCN2C(=O)CN1Cc1cc2ccccc2o1. The van der Waals surface area contributed by atoms with Crippen LogP contribution in [0.4, 0.5) is 0 Å². The fourth-order valence-electron chi connectivity index (χ4n) is 4.94. The molecular formula is C26H24N4O3. The van der Waals surface area contributed by atoms with Crippen molar-refractivity contribution in [1.82, 2.24) is 19.7 Å². The molecule has 0 N–H and O–H groups in total. The smallest absolute Gasteiger partial charge is 0.247 e. The average Bonchev–Trinajstić information content (AvgIpc) is 3.25. The van der Waals surface area contributed by atoms with Crippen molar-refractivity contribution in [2.75, 3.05) is 26.2 Å². The lowest BCUT2D eigenvalue weighted by Crippen LogP contribution is -2.66. The highest BCUT2D eigenvalue weighted by atomic mass is 16.3. The first-order chi connectivity index (χ1) is 16.1. The van der Waals surface area contributed by atoms with E-state index in [0.29, 0.717) is 25.4 Å². The molecule has 4 aromatic rings. The van der Waals surface area contributed by atoms with Gasteiger partial charge in [-0.25, -0.2) is 0 Å². The maximum absolute atomic E-state index is 13.4. The minimum atomic E-state index is -0.456. The molecule has 0 spiro atoms. The molecule has 2 aromatic heterocycles. The molecule has 4 heterocycles. The van der Waals surface area contributed by atoms with Crippen molar-refractivity contribution in [3.63, 3.8) is 0 Å². The highest BCUT2D eigenvalue weighted by Gasteiger charge is 2.42. The number of carbonyl (C=O) groups excluding carboxylic acids is 2. The maximum Gasteiger partial charge on any atom is 0.247 e. The van der Waals surface area contributed by atoms with Gasteiger partial charge in [-0.3, -0.25) is 19.5 Å². The van der Waals surface area contributed by atoms with E-state index >= 15 is 0 Å². The van der Waals surface area contributed by atoms with Crippen molar-refractivity contribution in [2.45, 2.75) is 19.1 Å². The molecule has 166 valence electrons. The van der Waals surface area contributed by atoms with Gasteiger partial charge in [-0.1, -0.05) is 36.4 Å². The number of carbonyl (C=O) groups is 2. The van der Waals surface area contributed by atoms with Crippen LogP contribution >= 0.6 is 0 Å². The lowest BCUT2D eigenvalue weighted by molar-refractivity contribution is -0.160. The number of furan rings is 1. The number of hydrogen-bond acceptors (Lipinski definition) is 5. The van der Waals surface area contributed by atoms with Gasteiger partial charge in [0, 0.05) is 43.1 Å². The number of pyridine rings is 1. The van der Waals surface area contributed by atoms with Crippen LogP contribution in [0.3, 0.4) is 0 Å². The third-order valence-corrected chi connectivity index (χ3v) is 6.61. The first-order valence-corrected chi connectivity index (χ1v) is 11.3. The molecule has 2 aliphatic heterocycles. The Labute approximate surface area is 191 Å². The molecule has 0 saturated carbocycles. The van der Waals surface area contributed by atoms with E-state index < -0.39 is 6.04 Å². The Hall–Kier alpha value is -3.71. The summed E-state index contributed by atoms with van der Waals surface area (Å²) in [5.74, 6) is 0.687. The quantitative estimate of drug-likeness (QED) is 0.488. The normalized spacial score (nSPS) is 19.5. The molecule has 7 nitrogen and oxygen atoms in total. The second-order valence-electron chi connectivity index (χ2n) is 8.81. The third-order valence-electron chi connectivity index (χ3n) is 6.61. The molecule has 2 aliphatic rings. The highest BCUT2D eigenvalue weighted by molar-refractivity contribution is 5.95. The zero-order valence-electron chi connectivity index (χ0n) is 18.2. The van der Waals surface area contributed by atoms with Crippen molar-refractivity contribution < 1.29 is 14.0 Å². The summed E-state index contributed by atoms with van der Waals surface area (Å²) in [6, 6.07) is 19.5. The molecule has 2 fully saturated rings. The zero-order valence-corrected chi connectivity index (χ0v) is 18.2. The first-order valence-electron chi connectivity index (χ1n) is 11.3. The number of rotatable bonds is 4. The summed E-state index contributed by atoms with van der Waals surface area (Å²) in [5.41, 5.74) is 2.91. The van der Waals surface area contributed by atoms with E-state index in [1.54, 1.807) is 16.0 Å². The van der Waals surface area contributed by atoms with E-state index in [0.717, 1.165) is 40.5 Å². The van der Waals surface area contributed by atoms with Crippen LogP contribution < -0.4 is 0 Å². The lowest BCUT2D eigenvalue weighted by atomic mass is 10.0. The molecule has 2 saturated heterocycles. The van der Waals surface area contributed by atoms with Gasteiger partial charge >= 0.3 is 0 Å². The Balaban J connectivity index is 1.18. The molecule has 0 radical (unpaired) electrons. The van der Waals surface area contributed by atoms with Gasteiger partial charge in [0.2, 0.25) is 11.8 Å². The van der Waals surface area contributed by atoms with Crippen molar-refractivity contribution >= 4 is 33.7 Å². The minimum absolute atomic E-state index is 0.00488. The summed E-state index contributed by atoms with van der Waals surface area (Å²) >= 11 is 0. The van der Waals surface area contributed by atoms with E-state index in [1.807, 2.05) is 42.5 Å². The molecule has 1 unspecified atom stereocenters. The number of nitrogens with zero attached hydrogens (tertiary/aromatic N) is 4. The Bertz CT molecular complexity index is 1330. The lowest BCUT2D eigenvalue weighted by Gasteiger charge is -2.46. The highest BCUT2D eigenvalue weighted by Crippen LogP contribution is 2.24. The van der Waals surface area contributed by atoms with Gasteiger partial charge in [-0.15, -0.1) is 0 Å². The first kappa shape index (κ1) is 19.9. The Morgan fingerprint density at radius 1 is 0.939 bits per heavy atom. The summed E-state index contributed by atoms with van der Waals surface area (Å²) in [7, 11) is 0. The van der Waals surface area contributed by atoms with Crippen LogP contribution in [0.2, 0.25) is 0 Å². The van der Waals surface area contributed by atoms with Crippen molar-refractivity contribution in [3.05, 3.63) is 78.2 Å². The molecular weight excluding hydrogens is 416 g/mol. The summed E-state index contributed by atoms with van der Waals surface area (Å²) in [6.07, 6.45) is 1.80. The van der Waals surface area contributed by atoms with Gasteiger partial charge in [-0.2, -0.15) is 0 Å². The largest absolute Gasteiger partial charge is 0.459 e. The molecule has 2 amide bonds. The van der Waals surface area contributed by atoms with Gasteiger partial charge in [0.1, 0.15) is 23.9 Å². The number of piperazine rings is 2. The fraction of sp³-hybridized carbons (Fsp3) is 0.269. The number of hydrogen-bond donors (Lipinski definition) is 0. The minimum Gasteiger partial charge on any atom is -0.459 e. The van der Waals surface area contributed by atoms with Gasteiger partial charge in [0.05, 0.1) is 12.1 Å². The summed E-state index contributed by atoms with van der Waals surface area (Å²) < 4.78 is 5.89. The number of fused-ring (bicyclic) bond motifs is 3. The summed E-state index contributed by atoms with van der Waals surface area (Å²) in [5, 5.41) is 2.11. The van der Waals surface area contributed by atoms with Crippen molar-refractivity contribution in [2.24, 2.45) is 0 Å².